The minimum absolute atomic E-state index is 0.676. The third-order valence-corrected chi connectivity index (χ3v) is 2.45. The van der Waals surface area contributed by atoms with Gasteiger partial charge >= 0.3 is 0 Å². The van der Waals surface area contributed by atoms with Crippen LogP contribution in [-0.2, 0) is 4.74 Å². The number of morpholine rings is 1. The summed E-state index contributed by atoms with van der Waals surface area (Å²) in [5.41, 5.74) is 2.57. The molecule has 0 aliphatic carbocycles. The van der Waals surface area contributed by atoms with Crippen molar-refractivity contribution < 1.29 is 4.74 Å². The highest BCUT2D eigenvalue weighted by molar-refractivity contribution is 5.79. The number of ether oxygens (including phenoxy) is 1. The van der Waals surface area contributed by atoms with Crippen molar-refractivity contribution in [1.82, 2.24) is 15.6 Å². The molecular formula is C10H23N5O. The third-order valence-electron chi connectivity index (χ3n) is 2.45. The van der Waals surface area contributed by atoms with Crippen molar-refractivity contribution in [1.29, 1.82) is 0 Å². The summed E-state index contributed by atoms with van der Waals surface area (Å²) in [4.78, 5) is 6.64. The lowest BCUT2D eigenvalue weighted by molar-refractivity contribution is 0.0389. The lowest BCUT2D eigenvalue weighted by Crippen LogP contribution is -2.46. The Kier molecular flexibility index (Phi) is 6.87. The lowest BCUT2D eigenvalue weighted by Gasteiger charge is -2.26. The zero-order valence-electron chi connectivity index (χ0n) is 10.0. The number of nitrogens with zero attached hydrogens (tertiary/aromatic N) is 2. The fraction of sp³-hybridized carbons (Fsp3) is 0.900. The maximum Gasteiger partial charge on any atom is 0.205 e. The Morgan fingerprint density at radius 3 is 2.81 bits per heavy atom. The normalized spacial score (nSPS) is 18.5. The Morgan fingerprint density at radius 2 is 2.19 bits per heavy atom. The second kappa shape index (κ2) is 8.32. The van der Waals surface area contributed by atoms with Crippen molar-refractivity contribution in [3.05, 3.63) is 0 Å². The summed E-state index contributed by atoms with van der Waals surface area (Å²) in [5.74, 6) is 6.03. The molecule has 0 amide bonds. The molecule has 4 N–H and O–H groups in total. The van der Waals surface area contributed by atoms with Crippen molar-refractivity contribution in [2.45, 2.75) is 13.3 Å². The molecule has 6 heteroatoms. The Morgan fingerprint density at radius 1 is 1.44 bits per heavy atom. The molecule has 1 aliphatic heterocycles. The molecule has 1 saturated heterocycles. The fourth-order valence-electron chi connectivity index (χ4n) is 1.53. The van der Waals surface area contributed by atoms with Crippen molar-refractivity contribution in [3.63, 3.8) is 0 Å². The molecule has 0 aromatic heterocycles. The van der Waals surface area contributed by atoms with Crippen LogP contribution in [0.2, 0.25) is 0 Å². The average Bonchev–Trinajstić information content (AvgIpc) is 2.35. The number of aliphatic imine (C=N–C) groups is 1. The SMILES string of the molecule is CCCN=C(NN)NCCN1CCOCC1. The van der Waals surface area contributed by atoms with Gasteiger partial charge < -0.3 is 10.1 Å². The number of guanidine groups is 1. The van der Waals surface area contributed by atoms with Crippen LogP contribution in [0.3, 0.4) is 0 Å². The Balaban J connectivity index is 2.12. The summed E-state index contributed by atoms with van der Waals surface area (Å²) in [6.07, 6.45) is 1.02. The monoisotopic (exact) mass is 229 g/mol. The van der Waals surface area contributed by atoms with E-state index in [1.165, 1.54) is 0 Å². The van der Waals surface area contributed by atoms with Crippen molar-refractivity contribution >= 4 is 5.96 Å². The molecule has 1 aliphatic rings. The van der Waals surface area contributed by atoms with Crippen LogP contribution < -0.4 is 16.6 Å². The second-order valence-corrected chi connectivity index (χ2v) is 3.76. The highest BCUT2D eigenvalue weighted by atomic mass is 16.5. The van der Waals surface area contributed by atoms with Crippen molar-refractivity contribution in [2.75, 3.05) is 45.9 Å². The predicted molar refractivity (Wildman–Crippen MR) is 65.2 cm³/mol. The molecule has 0 bridgehead atoms. The van der Waals surface area contributed by atoms with Gasteiger partial charge in [-0.25, -0.2) is 5.84 Å². The number of hydrogen-bond acceptors (Lipinski definition) is 4. The first-order valence-corrected chi connectivity index (χ1v) is 5.92. The van der Waals surface area contributed by atoms with E-state index in [0.29, 0.717) is 5.96 Å². The summed E-state index contributed by atoms with van der Waals surface area (Å²) < 4.78 is 5.28. The molecule has 1 rings (SSSR count). The topological polar surface area (TPSA) is 74.9 Å². The fourth-order valence-corrected chi connectivity index (χ4v) is 1.53. The van der Waals surface area contributed by atoms with Crippen LogP contribution in [0.5, 0.6) is 0 Å². The molecular weight excluding hydrogens is 206 g/mol. The summed E-state index contributed by atoms with van der Waals surface area (Å²) >= 11 is 0. The van der Waals surface area contributed by atoms with Gasteiger partial charge in [-0.15, -0.1) is 0 Å². The molecule has 94 valence electrons. The minimum atomic E-state index is 0.676. The van der Waals surface area contributed by atoms with Gasteiger partial charge in [0.25, 0.3) is 0 Å². The zero-order chi connectivity index (χ0) is 11.6. The molecule has 16 heavy (non-hydrogen) atoms. The lowest BCUT2D eigenvalue weighted by atomic mass is 10.4. The van der Waals surface area contributed by atoms with E-state index in [9.17, 15) is 0 Å². The molecule has 1 heterocycles. The van der Waals surface area contributed by atoms with Crippen LogP contribution in [0.4, 0.5) is 0 Å². The number of rotatable bonds is 5. The van der Waals surface area contributed by atoms with E-state index >= 15 is 0 Å². The predicted octanol–water partition coefficient (Wildman–Crippen LogP) is -0.862. The number of hydrogen-bond donors (Lipinski definition) is 3. The van der Waals surface area contributed by atoms with E-state index in [4.69, 9.17) is 10.6 Å². The summed E-state index contributed by atoms with van der Waals surface area (Å²) in [5, 5.41) is 3.18. The highest BCUT2D eigenvalue weighted by Gasteiger charge is 2.09. The van der Waals surface area contributed by atoms with Crippen LogP contribution in [0.15, 0.2) is 4.99 Å². The van der Waals surface area contributed by atoms with Gasteiger partial charge in [-0.05, 0) is 6.42 Å². The van der Waals surface area contributed by atoms with Crippen LogP contribution in [0.25, 0.3) is 0 Å². The summed E-state index contributed by atoms with van der Waals surface area (Å²) in [6, 6.07) is 0. The Bertz CT molecular complexity index is 203. The highest BCUT2D eigenvalue weighted by Crippen LogP contribution is 1.94. The van der Waals surface area contributed by atoms with E-state index in [0.717, 1.165) is 52.4 Å². The average molecular weight is 229 g/mol. The maximum atomic E-state index is 5.36. The van der Waals surface area contributed by atoms with Crippen LogP contribution in [-0.4, -0.2) is 56.8 Å². The van der Waals surface area contributed by atoms with Gasteiger partial charge in [-0.3, -0.25) is 15.3 Å². The smallest absolute Gasteiger partial charge is 0.205 e. The molecule has 0 radical (unpaired) electrons. The van der Waals surface area contributed by atoms with E-state index in [1.54, 1.807) is 0 Å². The zero-order valence-corrected chi connectivity index (χ0v) is 10.0. The molecule has 0 atom stereocenters. The largest absolute Gasteiger partial charge is 0.379 e. The van der Waals surface area contributed by atoms with Gasteiger partial charge in [0, 0.05) is 32.7 Å². The molecule has 1 fully saturated rings. The molecule has 0 unspecified atom stereocenters. The standard InChI is InChI=1S/C10H23N5O/c1-2-3-12-10(14-11)13-4-5-15-6-8-16-9-7-15/h2-9,11H2,1H3,(H2,12,13,14). The van der Waals surface area contributed by atoms with Gasteiger partial charge in [0.15, 0.2) is 0 Å². The van der Waals surface area contributed by atoms with Crippen LogP contribution in [0.1, 0.15) is 13.3 Å². The van der Waals surface area contributed by atoms with Gasteiger partial charge in [0.1, 0.15) is 0 Å². The van der Waals surface area contributed by atoms with Gasteiger partial charge in [0.05, 0.1) is 13.2 Å². The van der Waals surface area contributed by atoms with Crippen molar-refractivity contribution in [2.24, 2.45) is 10.8 Å². The van der Waals surface area contributed by atoms with E-state index in [2.05, 4.69) is 27.6 Å². The molecule has 0 saturated carbocycles. The van der Waals surface area contributed by atoms with Crippen LogP contribution >= 0.6 is 0 Å². The van der Waals surface area contributed by atoms with Crippen molar-refractivity contribution in [3.8, 4) is 0 Å². The quantitative estimate of drug-likeness (QED) is 0.247. The van der Waals surface area contributed by atoms with Gasteiger partial charge in [-0.2, -0.15) is 0 Å². The van der Waals surface area contributed by atoms with E-state index in [-0.39, 0.29) is 0 Å². The molecule has 0 aromatic rings. The Hall–Kier alpha value is -0.850. The van der Waals surface area contributed by atoms with Gasteiger partial charge in [-0.1, -0.05) is 6.92 Å². The molecule has 0 spiro atoms. The van der Waals surface area contributed by atoms with Gasteiger partial charge in [0.2, 0.25) is 5.96 Å². The summed E-state index contributed by atoms with van der Waals surface area (Å²) in [6.45, 7) is 8.44. The summed E-state index contributed by atoms with van der Waals surface area (Å²) in [7, 11) is 0. The first kappa shape index (κ1) is 13.2. The Labute approximate surface area is 97.2 Å². The van der Waals surface area contributed by atoms with E-state index in [1.807, 2.05) is 0 Å². The minimum Gasteiger partial charge on any atom is -0.379 e. The number of nitrogens with one attached hydrogen (secondary N) is 2. The first-order valence-electron chi connectivity index (χ1n) is 5.92. The maximum absolute atomic E-state index is 5.36. The first-order chi connectivity index (χ1) is 7.86. The third kappa shape index (κ3) is 5.29. The number of nitrogens with two attached hydrogens (primary N) is 1. The van der Waals surface area contributed by atoms with E-state index < -0.39 is 0 Å². The molecule has 0 aromatic carbocycles. The number of hydrazine groups is 1. The molecule has 6 nitrogen and oxygen atoms in total. The van der Waals surface area contributed by atoms with Crippen LogP contribution in [0, 0.1) is 0 Å². The second-order valence-electron chi connectivity index (χ2n) is 3.76.